The number of aryl methyl sites for hydroxylation is 1. The molecule has 0 spiro atoms. The number of rotatable bonds is 4. The van der Waals surface area contributed by atoms with Gasteiger partial charge < -0.3 is 9.84 Å². The smallest absolute Gasteiger partial charge is 0.307 e. The Morgan fingerprint density at radius 1 is 1.33 bits per heavy atom. The number of aromatic nitrogens is 2. The van der Waals surface area contributed by atoms with E-state index in [9.17, 15) is 14.7 Å². The normalized spacial score (nSPS) is 24.6. The number of nitrogens with one attached hydrogen (secondary N) is 1. The second-order valence-corrected chi connectivity index (χ2v) is 5.49. The van der Waals surface area contributed by atoms with Crippen molar-refractivity contribution in [2.24, 2.45) is 17.8 Å². The number of anilines is 1. The van der Waals surface area contributed by atoms with Gasteiger partial charge in [-0.2, -0.15) is 4.98 Å². The average molecular weight is 293 g/mol. The third kappa shape index (κ3) is 3.48. The van der Waals surface area contributed by atoms with Gasteiger partial charge >= 0.3 is 5.97 Å². The van der Waals surface area contributed by atoms with Crippen LogP contribution in [0.25, 0.3) is 0 Å². The summed E-state index contributed by atoms with van der Waals surface area (Å²) in [7, 11) is 1.48. The number of amides is 1. The zero-order chi connectivity index (χ0) is 15.6. The molecule has 1 saturated carbocycles. The van der Waals surface area contributed by atoms with Gasteiger partial charge in [-0.1, -0.05) is 6.92 Å². The highest BCUT2D eigenvalue weighted by Gasteiger charge is 2.41. The standard InChI is InChI=1S/C14H19N3O4/c1-7-4-9(10(5-7)13(19)20)12(18)17-14-15-8(2)6-11(16-14)21-3/h6-7,9-10H,4-5H2,1-3H3,(H,19,20)(H,15,16,17,18)/t7?,9-,10+/m0/s1. The Kier molecular flexibility index (Phi) is 4.40. The number of carboxylic acids is 1. The molecule has 1 amide bonds. The van der Waals surface area contributed by atoms with Crippen LogP contribution in [0, 0.1) is 24.7 Å². The van der Waals surface area contributed by atoms with Crippen LogP contribution in [0.4, 0.5) is 5.95 Å². The van der Waals surface area contributed by atoms with Crippen LogP contribution in [0.15, 0.2) is 6.07 Å². The van der Waals surface area contributed by atoms with E-state index in [0.717, 1.165) is 0 Å². The predicted molar refractivity (Wildman–Crippen MR) is 75.0 cm³/mol. The lowest BCUT2D eigenvalue weighted by Gasteiger charge is -2.15. The number of carbonyl (C=O) groups excluding carboxylic acids is 1. The lowest BCUT2D eigenvalue weighted by Crippen LogP contribution is -2.30. The molecule has 1 fully saturated rings. The van der Waals surface area contributed by atoms with E-state index in [0.29, 0.717) is 24.4 Å². The third-order valence-electron chi connectivity index (χ3n) is 3.73. The van der Waals surface area contributed by atoms with Crippen LogP contribution in [-0.2, 0) is 9.59 Å². The number of hydrogen-bond donors (Lipinski definition) is 2. The van der Waals surface area contributed by atoms with E-state index in [4.69, 9.17) is 4.74 Å². The summed E-state index contributed by atoms with van der Waals surface area (Å²) in [6.07, 6.45) is 1.08. The molecule has 2 N–H and O–H groups in total. The fourth-order valence-electron chi connectivity index (χ4n) is 2.76. The van der Waals surface area contributed by atoms with E-state index in [-0.39, 0.29) is 17.8 Å². The maximum absolute atomic E-state index is 12.3. The molecule has 21 heavy (non-hydrogen) atoms. The first-order valence-electron chi connectivity index (χ1n) is 6.84. The summed E-state index contributed by atoms with van der Waals surface area (Å²) < 4.78 is 5.02. The van der Waals surface area contributed by atoms with Crippen molar-refractivity contribution in [1.82, 2.24) is 9.97 Å². The van der Waals surface area contributed by atoms with Gasteiger partial charge in [-0.05, 0) is 25.7 Å². The Morgan fingerprint density at radius 2 is 2.00 bits per heavy atom. The van der Waals surface area contributed by atoms with E-state index in [1.54, 1.807) is 13.0 Å². The number of carbonyl (C=O) groups is 2. The lowest BCUT2D eigenvalue weighted by molar-refractivity contribution is -0.145. The van der Waals surface area contributed by atoms with Crippen molar-refractivity contribution in [3.8, 4) is 5.88 Å². The van der Waals surface area contributed by atoms with Crippen molar-refractivity contribution in [3.05, 3.63) is 11.8 Å². The molecule has 1 aliphatic rings. The fraction of sp³-hybridized carbons (Fsp3) is 0.571. The molecule has 3 atom stereocenters. The van der Waals surface area contributed by atoms with Gasteiger partial charge in [0.15, 0.2) is 0 Å². The quantitative estimate of drug-likeness (QED) is 0.872. The molecule has 1 unspecified atom stereocenters. The minimum absolute atomic E-state index is 0.139. The molecule has 0 aromatic carbocycles. The van der Waals surface area contributed by atoms with Crippen molar-refractivity contribution >= 4 is 17.8 Å². The summed E-state index contributed by atoms with van der Waals surface area (Å²) in [6.45, 7) is 3.72. The van der Waals surface area contributed by atoms with E-state index in [1.807, 2.05) is 6.92 Å². The molecular weight excluding hydrogens is 274 g/mol. The van der Waals surface area contributed by atoms with Crippen molar-refractivity contribution in [2.75, 3.05) is 12.4 Å². The minimum atomic E-state index is -0.928. The fourth-order valence-corrected chi connectivity index (χ4v) is 2.76. The molecule has 0 radical (unpaired) electrons. The Bertz CT molecular complexity index is 561. The monoisotopic (exact) mass is 293 g/mol. The highest BCUT2D eigenvalue weighted by molar-refractivity contribution is 5.94. The lowest BCUT2D eigenvalue weighted by atomic mass is 9.95. The molecule has 2 rings (SSSR count). The zero-order valence-electron chi connectivity index (χ0n) is 12.3. The van der Waals surface area contributed by atoms with Crippen LogP contribution in [-0.4, -0.2) is 34.1 Å². The molecule has 1 aromatic heterocycles. The molecule has 7 nitrogen and oxygen atoms in total. The van der Waals surface area contributed by atoms with Gasteiger partial charge in [-0.3, -0.25) is 14.9 Å². The van der Waals surface area contributed by atoms with E-state index >= 15 is 0 Å². The first-order valence-corrected chi connectivity index (χ1v) is 6.84. The van der Waals surface area contributed by atoms with Gasteiger partial charge in [-0.25, -0.2) is 4.98 Å². The second-order valence-electron chi connectivity index (χ2n) is 5.49. The molecule has 1 aliphatic carbocycles. The van der Waals surface area contributed by atoms with Crippen molar-refractivity contribution in [3.63, 3.8) is 0 Å². The maximum Gasteiger partial charge on any atom is 0.307 e. The molecular formula is C14H19N3O4. The Hall–Kier alpha value is -2.18. The van der Waals surface area contributed by atoms with Gasteiger partial charge in [-0.15, -0.1) is 0 Å². The number of carboxylic acid groups (broad SMARTS) is 1. The molecule has 114 valence electrons. The SMILES string of the molecule is COc1cc(C)nc(NC(=O)[C@H]2CC(C)C[C@H]2C(=O)O)n1. The highest BCUT2D eigenvalue weighted by Crippen LogP contribution is 2.37. The summed E-state index contributed by atoms with van der Waals surface area (Å²) in [5.74, 6) is -1.76. The predicted octanol–water partition coefficient (Wildman–Crippen LogP) is 1.48. The topological polar surface area (TPSA) is 101 Å². The van der Waals surface area contributed by atoms with Gasteiger partial charge in [0, 0.05) is 11.8 Å². The van der Waals surface area contributed by atoms with Crippen molar-refractivity contribution < 1.29 is 19.4 Å². The molecule has 1 heterocycles. The van der Waals surface area contributed by atoms with Crippen LogP contribution in [0.3, 0.4) is 0 Å². The summed E-state index contributed by atoms with van der Waals surface area (Å²) in [5, 5.41) is 11.8. The largest absolute Gasteiger partial charge is 0.481 e. The maximum atomic E-state index is 12.3. The van der Waals surface area contributed by atoms with Crippen LogP contribution in [0.1, 0.15) is 25.5 Å². The van der Waals surface area contributed by atoms with E-state index in [2.05, 4.69) is 15.3 Å². The number of nitrogens with zero attached hydrogens (tertiary/aromatic N) is 2. The van der Waals surface area contributed by atoms with Crippen molar-refractivity contribution in [2.45, 2.75) is 26.7 Å². The van der Waals surface area contributed by atoms with Gasteiger partial charge in [0.1, 0.15) is 0 Å². The van der Waals surface area contributed by atoms with E-state index in [1.165, 1.54) is 7.11 Å². The average Bonchev–Trinajstić information content (AvgIpc) is 2.80. The van der Waals surface area contributed by atoms with Gasteiger partial charge in [0.05, 0.1) is 18.9 Å². The summed E-state index contributed by atoms with van der Waals surface area (Å²) >= 11 is 0. The molecule has 7 heteroatoms. The van der Waals surface area contributed by atoms with Crippen LogP contribution < -0.4 is 10.1 Å². The third-order valence-corrected chi connectivity index (χ3v) is 3.73. The molecule has 1 aromatic rings. The molecule has 0 saturated heterocycles. The van der Waals surface area contributed by atoms with E-state index < -0.39 is 17.8 Å². The summed E-state index contributed by atoms with van der Waals surface area (Å²) in [6, 6.07) is 1.65. The van der Waals surface area contributed by atoms with Crippen LogP contribution >= 0.6 is 0 Å². The first-order chi connectivity index (χ1) is 9.90. The Balaban J connectivity index is 2.14. The van der Waals surface area contributed by atoms with Crippen LogP contribution in [0.2, 0.25) is 0 Å². The highest BCUT2D eigenvalue weighted by atomic mass is 16.5. The Morgan fingerprint density at radius 3 is 2.62 bits per heavy atom. The minimum Gasteiger partial charge on any atom is -0.481 e. The van der Waals surface area contributed by atoms with Gasteiger partial charge in [0.2, 0.25) is 17.7 Å². The number of aliphatic carboxylic acids is 1. The number of ether oxygens (including phenoxy) is 1. The molecule has 0 bridgehead atoms. The number of methoxy groups -OCH3 is 1. The summed E-state index contributed by atoms with van der Waals surface area (Å²) in [5.41, 5.74) is 0.659. The van der Waals surface area contributed by atoms with Crippen LogP contribution in [0.5, 0.6) is 5.88 Å². The van der Waals surface area contributed by atoms with Gasteiger partial charge in [0.25, 0.3) is 0 Å². The number of hydrogen-bond acceptors (Lipinski definition) is 5. The second kappa shape index (κ2) is 6.07. The van der Waals surface area contributed by atoms with Crippen molar-refractivity contribution in [1.29, 1.82) is 0 Å². The molecule has 0 aliphatic heterocycles. The summed E-state index contributed by atoms with van der Waals surface area (Å²) in [4.78, 5) is 31.7. The first kappa shape index (κ1) is 15.2. The Labute approximate surface area is 122 Å². The zero-order valence-corrected chi connectivity index (χ0v) is 12.3.